The van der Waals surface area contributed by atoms with Crippen molar-refractivity contribution in [3.8, 4) is 0 Å². The van der Waals surface area contributed by atoms with Crippen LogP contribution in [0, 0.1) is 29.1 Å². The van der Waals surface area contributed by atoms with E-state index in [1.165, 1.54) is 50.5 Å². The summed E-state index contributed by atoms with van der Waals surface area (Å²) in [5.74, 6) is 2.79. The molecule has 0 aromatic heterocycles. The summed E-state index contributed by atoms with van der Waals surface area (Å²) in [6, 6.07) is 0. The number of hydrogen-bond donors (Lipinski definition) is 5. The third-order valence-electron chi connectivity index (χ3n) is 10.8. The van der Waals surface area contributed by atoms with Gasteiger partial charge in [-0.3, -0.25) is 9.13 Å². The Morgan fingerprint density at radius 2 is 1.77 bits per heavy atom. The van der Waals surface area contributed by atoms with Crippen LogP contribution in [0.1, 0.15) is 124 Å². The molecule has 0 amide bonds. The molecular formula is C33H59NO7P2. The lowest BCUT2D eigenvalue weighted by Crippen LogP contribution is -2.36. The van der Waals surface area contributed by atoms with E-state index in [9.17, 15) is 28.9 Å². The number of fused-ring (bicyclic) bond motifs is 1. The lowest BCUT2D eigenvalue weighted by molar-refractivity contribution is 0.0822. The Balaban J connectivity index is 1.72. The Morgan fingerprint density at radius 1 is 1.05 bits per heavy atom. The summed E-state index contributed by atoms with van der Waals surface area (Å²) in [6.07, 6.45) is 15.4. The van der Waals surface area contributed by atoms with Gasteiger partial charge in [-0.25, -0.2) is 0 Å². The summed E-state index contributed by atoms with van der Waals surface area (Å²) < 4.78 is 31.0. The van der Waals surface area contributed by atoms with E-state index in [4.69, 9.17) is 10.3 Å². The molecule has 3 fully saturated rings. The third-order valence-corrected chi connectivity index (χ3v) is 15.2. The fourth-order valence-corrected chi connectivity index (χ4v) is 11.3. The van der Waals surface area contributed by atoms with Crippen LogP contribution in [0.3, 0.4) is 0 Å². The zero-order valence-electron chi connectivity index (χ0n) is 27.0. The van der Waals surface area contributed by atoms with Crippen molar-refractivity contribution >= 4 is 15.2 Å². The molecule has 0 saturated heterocycles. The number of aliphatic hydroxyl groups is 1. The van der Waals surface area contributed by atoms with Gasteiger partial charge in [0, 0.05) is 0 Å². The predicted octanol–water partition coefficient (Wildman–Crippen LogP) is 8.17. The van der Waals surface area contributed by atoms with Crippen LogP contribution in [-0.4, -0.2) is 37.5 Å². The average Bonchev–Trinajstić information content (AvgIpc) is 3.27. The molecular weight excluding hydrogens is 584 g/mol. The summed E-state index contributed by atoms with van der Waals surface area (Å²) in [7, 11) is -10.5. The number of nitrogens with two attached hydrogens (primary N) is 1. The Labute approximate surface area is 260 Å². The first kappa shape index (κ1) is 36.9. The van der Waals surface area contributed by atoms with E-state index in [-0.39, 0.29) is 6.42 Å². The molecule has 0 radical (unpaired) electrons. The molecule has 248 valence electrons. The van der Waals surface area contributed by atoms with Crippen LogP contribution in [-0.2, 0) is 13.7 Å². The van der Waals surface area contributed by atoms with Crippen molar-refractivity contribution in [2.24, 2.45) is 34.8 Å². The SMILES string of the molecule is C=C1CC[C@H](OP(=O)(O)C(O)(CCCCCN)P(=O)(O)O)CC1=CC=C1CCC[C@@]2(C)C1CC[C@@H]2[C@H](C)CCCC(C)C. The fourth-order valence-electron chi connectivity index (χ4n) is 8.16. The van der Waals surface area contributed by atoms with Gasteiger partial charge in [0.15, 0.2) is 0 Å². The first-order chi connectivity index (χ1) is 20.1. The van der Waals surface area contributed by atoms with Crippen LogP contribution in [0.4, 0.5) is 0 Å². The van der Waals surface area contributed by atoms with E-state index in [2.05, 4.69) is 46.4 Å². The second-order valence-electron chi connectivity index (χ2n) is 14.3. The molecule has 0 aromatic rings. The highest BCUT2D eigenvalue weighted by molar-refractivity contribution is 7.72. The Hall–Kier alpha value is -0.560. The second-order valence-corrected chi connectivity index (χ2v) is 18.5. The molecule has 0 spiro atoms. The number of rotatable bonds is 15. The molecule has 43 heavy (non-hydrogen) atoms. The topological polar surface area (TPSA) is 150 Å². The maximum atomic E-state index is 13.3. The number of hydrogen-bond acceptors (Lipinski definition) is 5. The second kappa shape index (κ2) is 15.4. The van der Waals surface area contributed by atoms with Gasteiger partial charge < -0.3 is 30.0 Å². The van der Waals surface area contributed by atoms with Crippen LogP contribution in [0.5, 0.6) is 0 Å². The third kappa shape index (κ3) is 8.83. The van der Waals surface area contributed by atoms with Gasteiger partial charge >= 0.3 is 15.2 Å². The van der Waals surface area contributed by atoms with Crippen LogP contribution in [0.2, 0.25) is 0 Å². The van der Waals surface area contributed by atoms with Crippen molar-refractivity contribution in [2.75, 3.05) is 6.54 Å². The molecule has 3 aliphatic carbocycles. The fraction of sp³-hybridized carbons (Fsp3) is 0.818. The molecule has 3 saturated carbocycles. The molecule has 6 N–H and O–H groups in total. The van der Waals surface area contributed by atoms with Gasteiger partial charge in [0.25, 0.3) is 5.08 Å². The van der Waals surface area contributed by atoms with Crippen molar-refractivity contribution in [3.63, 3.8) is 0 Å². The Kier molecular flexibility index (Phi) is 13.2. The summed E-state index contributed by atoms with van der Waals surface area (Å²) in [5.41, 5.74) is 9.15. The maximum Gasteiger partial charge on any atom is 0.372 e. The zero-order valence-corrected chi connectivity index (χ0v) is 28.8. The molecule has 0 heterocycles. The van der Waals surface area contributed by atoms with Crippen LogP contribution in [0.15, 0.2) is 35.5 Å². The number of unbranched alkanes of at least 4 members (excludes halogenated alkanes) is 2. The average molecular weight is 644 g/mol. The van der Waals surface area contributed by atoms with Crippen LogP contribution >= 0.6 is 15.2 Å². The normalized spacial score (nSPS) is 32.1. The van der Waals surface area contributed by atoms with E-state index in [1.54, 1.807) is 0 Å². The van der Waals surface area contributed by atoms with Crippen molar-refractivity contribution < 1.29 is 33.4 Å². The van der Waals surface area contributed by atoms with Gasteiger partial charge in [0.2, 0.25) is 0 Å². The molecule has 8 nitrogen and oxygen atoms in total. The van der Waals surface area contributed by atoms with Crippen molar-refractivity contribution in [1.82, 2.24) is 0 Å². The predicted molar refractivity (Wildman–Crippen MR) is 174 cm³/mol. The van der Waals surface area contributed by atoms with Crippen LogP contribution < -0.4 is 5.73 Å². The summed E-state index contributed by atoms with van der Waals surface area (Å²) in [5, 5.41) is 7.72. The molecule has 10 heteroatoms. The van der Waals surface area contributed by atoms with Crippen molar-refractivity contribution in [3.05, 3.63) is 35.5 Å². The van der Waals surface area contributed by atoms with Gasteiger partial charge in [-0.15, -0.1) is 0 Å². The highest BCUT2D eigenvalue weighted by Crippen LogP contribution is 2.72. The molecule has 0 aliphatic heterocycles. The minimum atomic E-state index is -5.38. The first-order valence-electron chi connectivity index (χ1n) is 16.6. The maximum absolute atomic E-state index is 13.3. The van der Waals surface area contributed by atoms with Gasteiger partial charge in [0.1, 0.15) is 0 Å². The molecule has 0 aromatic carbocycles. The van der Waals surface area contributed by atoms with E-state index >= 15 is 0 Å². The Bertz CT molecular complexity index is 1110. The standard InChI is InChI=1S/C33H59NO7P2/c1-24(2)11-9-12-26(4)30-18-19-31-27(13-10-20-32(30,31)5)15-16-28-23-29(17-14-25(28)3)41-43(39,40)33(35,42(36,37)38)21-7-6-8-22-34/h15-16,24,26,29-31,35H,3,6-14,17-23,34H2,1-2,4-5H3,(H,39,40)(H2,36,37,38)/t26-,29+,30-,31?,32-,33?/m1/s1. The Morgan fingerprint density at radius 3 is 2.42 bits per heavy atom. The summed E-state index contributed by atoms with van der Waals surface area (Å²) >= 11 is 0. The number of allylic oxidation sites excluding steroid dienone is 4. The minimum absolute atomic E-state index is 0.143. The summed E-state index contributed by atoms with van der Waals surface area (Å²) in [6.45, 7) is 14.2. The van der Waals surface area contributed by atoms with E-state index in [0.717, 1.165) is 35.3 Å². The molecule has 0 bridgehead atoms. The summed E-state index contributed by atoms with van der Waals surface area (Å²) in [4.78, 5) is 30.5. The molecule has 7 atom stereocenters. The van der Waals surface area contributed by atoms with Crippen LogP contribution in [0.25, 0.3) is 0 Å². The van der Waals surface area contributed by atoms with E-state index in [1.807, 2.05) is 0 Å². The van der Waals surface area contributed by atoms with Gasteiger partial charge in [-0.2, -0.15) is 0 Å². The van der Waals surface area contributed by atoms with Crippen molar-refractivity contribution in [1.29, 1.82) is 0 Å². The first-order valence-corrected chi connectivity index (χ1v) is 19.8. The van der Waals surface area contributed by atoms with Gasteiger partial charge in [-0.05, 0) is 112 Å². The quantitative estimate of drug-likeness (QED) is 0.0886. The molecule has 3 aliphatic rings. The molecule has 3 rings (SSSR count). The lowest BCUT2D eigenvalue weighted by atomic mass is 9.60. The largest absolute Gasteiger partial charge is 0.372 e. The van der Waals surface area contributed by atoms with E-state index in [0.29, 0.717) is 50.0 Å². The molecule has 3 unspecified atom stereocenters. The lowest BCUT2D eigenvalue weighted by Gasteiger charge is -2.44. The van der Waals surface area contributed by atoms with Crippen molar-refractivity contribution in [2.45, 2.75) is 135 Å². The zero-order chi connectivity index (χ0) is 32.1. The smallest absolute Gasteiger partial charge is 0.368 e. The highest BCUT2D eigenvalue weighted by Gasteiger charge is 2.61. The van der Waals surface area contributed by atoms with E-state index < -0.39 is 32.8 Å². The van der Waals surface area contributed by atoms with Gasteiger partial charge in [-0.1, -0.05) is 83.3 Å². The minimum Gasteiger partial charge on any atom is -0.368 e. The monoisotopic (exact) mass is 643 g/mol. The highest BCUT2D eigenvalue weighted by atomic mass is 31.2. The van der Waals surface area contributed by atoms with Gasteiger partial charge in [0.05, 0.1) is 6.10 Å².